The monoisotopic (exact) mass is 476 g/mol. The number of carbonyl (C=O) groups excluding carboxylic acids is 2. The summed E-state index contributed by atoms with van der Waals surface area (Å²) in [6, 6.07) is 18.5. The molecule has 2 aromatic carbocycles. The fraction of sp³-hybridized carbons (Fsp3) is 0.200. The number of anilines is 2. The van der Waals surface area contributed by atoms with E-state index in [1.54, 1.807) is 31.3 Å². The smallest absolute Gasteiger partial charge is 0.276 e. The first kappa shape index (κ1) is 23.3. The topological polar surface area (TPSA) is 93.8 Å². The molecule has 2 aromatic heterocycles. The first-order valence-electron chi connectivity index (χ1n) is 10.8. The summed E-state index contributed by atoms with van der Waals surface area (Å²) in [5, 5.41) is 14.8. The Hall–Kier alpha value is -3.91. The Morgan fingerprint density at radius 2 is 1.65 bits per heavy atom. The van der Waals surface area contributed by atoms with Crippen molar-refractivity contribution in [1.82, 2.24) is 19.6 Å². The van der Waals surface area contributed by atoms with Crippen molar-refractivity contribution in [2.45, 2.75) is 26.8 Å². The van der Waals surface area contributed by atoms with Crippen molar-refractivity contribution in [3.05, 3.63) is 93.9 Å². The van der Waals surface area contributed by atoms with Gasteiger partial charge in [0.1, 0.15) is 5.82 Å². The average Bonchev–Trinajstić information content (AvgIpc) is 3.32. The summed E-state index contributed by atoms with van der Waals surface area (Å²) in [5.41, 5.74) is 3.98. The number of benzene rings is 2. The predicted octanol–water partition coefficient (Wildman–Crippen LogP) is 4.63. The number of aromatic nitrogens is 4. The third-order valence-corrected chi connectivity index (χ3v) is 5.88. The standard InChI is InChI=1S/C25H25ClN6O2/c1-16-23(17(2)32(29-16)14-13-18-9-5-4-6-10-18)28-25(34)21-15-22(31(3)30-21)27-24(33)19-11-7-8-12-20(19)26/h4-12,15H,13-14H2,1-3H3,(H,27,33)(H,28,34). The van der Waals surface area contributed by atoms with Crippen molar-refractivity contribution < 1.29 is 9.59 Å². The fourth-order valence-electron chi connectivity index (χ4n) is 3.68. The van der Waals surface area contributed by atoms with Gasteiger partial charge >= 0.3 is 0 Å². The van der Waals surface area contributed by atoms with E-state index in [-0.39, 0.29) is 17.5 Å². The second kappa shape index (κ2) is 9.93. The van der Waals surface area contributed by atoms with Gasteiger partial charge in [-0.25, -0.2) is 0 Å². The van der Waals surface area contributed by atoms with Gasteiger partial charge in [0.05, 0.1) is 27.7 Å². The molecule has 0 aliphatic heterocycles. The lowest BCUT2D eigenvalue weighted by molar-refractivity contribution is 0.101. The van der Waals surface area contributed by atoms with E-state index in [0.717, 1.165) is 17.8 Å². The van der Waals surface area contributed by atoms with E-state index in [1.807, 2.05) is 36.7 Å². The van der Waals surface area contributed by atoms with Crippen LogP contribution in [0.2, 0.25) is 5.02 Å². The number of nitrogens with zero attached hydrogens (tertiary/aromatic N) is 4. The SMILES string of the molecule is Cc1nn(CCc2ccccc2)c(C)c1NC(=O)c1cc(NC(=O)c2ccccc2Cl)n(C)n1. The highest BCUT2D eigenvalue weighted by Crippen LogP contribution is 2.22. The predicted molar refractivity (Wildman–Crippen MR) is 132 cm³/mol. The summed E-state index contributed by atoms with van der Waals surface area (Å²) in [7, 11) is 1.65. The van der Waals surface area contributed by atoms with E-state index in [0.29, 0.717) is 28.6 Å². The normalized spacial score (nSPS) is 10.8. The van der Waals surface area contributed by atoms with Crippen LogP contribution in [0.3, 0.4) is 0 Å². The summed E-state index contributed by atoms with van der Waals surface area (Å²) in [4.78, 5) is 25.5. The number of carbonyl (C=O) groups is 2. The minimum Gasteiger partial charge on any atom is -0.317 e. The van der Waals surface area contributed by atoms with E-state index in [4.69, 9.17) is 11.6 Å². The van der Waals surface area contributed by atoms with E-state index < -0.39 is 0 Å². The van der Waals surface area contributed by atoms with Crippen LogP contribution in [-0.4, -0.2) is 31.4 Å². The quantitative estimate of drug-likeness (QED) is 0.406. The molecule has 2 heterocycles. The molecule has 9 heteroatoms. The molecular formula is C25H25ClN6O2. The second-order valence-electron chi connectivity index (χ2n) is 7.93. The van der Waals surface area contributed by atoms with Crippen LogP contribution in [0, 0.1) is 13.8 Å². The molecule has 0 aliphatic rings. The molecule has 34 heavy (non-hydrogen) atoms. The van der Waals surface area contributed by atoms with Crippen molar-refractivity contribution in [2.24, 2.45) is 7.05 Å². The molecule has 0 atom stereocenters. The number of amides is 2. The average molecular weight is 477 g/mol. The third kappa shape index (κ3) is 5.02. The van der Waals surface area contributed by atoms with E-state index in [2.05, 4.69) is 33.0 Å². The zero-order chi connectivity index (χ0) is 24.2. The molecule has 2 N–H and O–H groups in total. The summed E-state index contributed by atoms with van der Waals surface area (Å²) < 4.78 is 3.33. The highest BCUT2D eigenvalue weighted by molar-refractivity contribution is 6.34. The zero-order valence-electron chi connectivity index (χ0n) is 19.2. The van der Waals surface area contributed by atoms with Crippen LogP contribution in [0.5, 0.6) is 0 Å². The Labute approximate surface area is 202 Å². The lowest BCUT2D eigenvalue weighted by Gasteiger charge is -2.06. The van der Waals surface area contributed by atoms with Crippen LogP contribution < -0.4 is 10.6 Å². The van der Waals surface area contributed by atoms with Crippen molar-refractivity contribution in [3.8, 4) is 0 Å². The Kier molecular flexibility index (Phi) is 6.79. The maximum Gasteiger partial charge on any atom is 0.276 e. The Bertz CT molecular complexity index is 1340. The van der Waals surface area contributed by atoms with Crippen LogP contribution in [0.4, 0.5) is 11.5 Å². The molecule has 0 spiro atoms. The van der Waals surface area contributed by atoms with Crippen molar-refractivity contribution in [3.63, 3.8) is 0 Å². The molecule has 8 nitrogen and oxygen atoms in total. The Morgan fingerprint density at radius 3 is 2.38 bits per heavy atom. The molecule has 0 bridgehead atoms. The summed E-state index contributed by atoms with van der Waals surface area (Å²) in [6.45, 7) is 4.48. The lowest BCUT2D eigenvalue weighted by Crippen LogP contribution is -2.15. The first-order chi connectivity index (χ1) is 16.3. The van der Waals surface area contributed by atoms with Crippen LogP contribution in [0.15, 0.2) is 60.7 Å². The second-order valence-corrected chi connectivity index (χ2v) is 8.34. The van der Waals surface area contributed by atoms with Gasteiger partial charge in [-0.2, -0.15) is 10.2 Å². The number of hydrogen-bond donors (Lipinski definition) is 2. The van der Waals surface area contributed by atoms with Crippen LogP contribution >= 0.6 is 11.6 Å². The molecule has 0 saturated heterocycles. The van der Waals surface area contributed by atoms with Crippen LogP contribution in [-0.2, 0) is 20.0 Å². The molecule has 0 radical (unpaired) electrons. The minimum atomic E-state index is -0.386. The fourth-order valence-corrected chi connectivity index (χ4v) is 3.90. The number of hydrogen-bond acceptors (Lipinski definition) is 4. The summed E-state index contributed by atoms with van der Waals surface area (Å²) in [5.74, 6) is -0.392. The van der Waals surface area contributed by atoms with E-state index in [1.165, 1.54) is 16.3 Å². The Balaban J connectivity index is 1.45. The number of rotatable bonds is 7. The third-order valence-electron chi connectivity index (χ3n) is 5.55. The molecule has 2 amide bonds. The van der Waals surface area contributed by atoms with Gasteiger partial charge in [-0.1, -0.05) is 54.1 Å². The van der Waals surface area contributed by atoms with Gasteiger partial charge in [0.25, 0.3) is 11.8 Å². The maximum atomic E-state index is 12.9. The minimum absolute atomic E-state index is 0.174. The first-order valence-corrected chi connectivity index (χ1v) is 11.2. The molecule has 4 aromatic rings. The van der Waals surface area contributed by atoms with E-state index >= 15 is 0 Å². The Morgan fingerprint density at radius 1 is 0.941 bits per heavy atom. The largest absolute Gasteiger partial charge is 0.317 e. The van der Waals surface area contributed by atoms with Crippen LogP contribution in [0.25, 0.3) is 0 Å². The number of nitrogens with one attached hydrogen (secondary N) is 2. The molecule has 0 fully saturated rings. The maximum absolute atomic E-state index is 12.9. The zero-order valence-corrected chi connectivity index (χ0v) is 19.9. The molecule has 4 rings (SSSR count). The highest BCUT2D eigenvalue weighted by atomic mass is 35.5. The summed E-state index contributed by atoms with van der Waals surface area (Å²) >= 11 is 6.10. The van der Waals surface area contributed by atoms with Gasteiger partial charge in [-0.15, -0.1) is 0 Å². The lowest BCUT2D eigenvalue weighted by atomic mass is 10.1. The van der Waals surface area contributed by atoms with Crippen molar-refractivity contribution in [2.75, 3.05) is 10.6 Å². The molecular weight excluding hydrogens is 452 g/mol. The molecule has 174 valence electrons. The van der Waals surface area contributed by atoms with Gasteiger partial charge in [0, 0.05) is 19.7 Å². The molecule has 0 unspecified atom stereocenters. The van der Waals surface area contributed by atoms with Crippen molar-refractivity contribution in [1.29, 1.82) is 0 Å². The number of aryl methyl sites for hydroxylation is 4. The van der Waals surface area contributed by atoms with E-state index in [9.17, 15) is 9.59 Å². The van der Waals surface area contributed by atoms with Gasteiger partial charge in [-0.05, 0) is 38.0 Å². The highest BCUT2D eigenvalue weighted by Gasteiger charge is 2.19. The molecule has 0 saturated carbocycles. The van der Waals surface area contributed by atoms with Crippen LogP contribution in [0.1, 0.15) is 37.8 Å². The number of halogens is 1. The summed E-state index contributed by atoms with van der Waals surface area (Å²) in [6.07, 6.45) is 0.838. The van der Waals surface area contributed by atoms with Gasteiger partial charge in [0.2, 0.25) is 0 Å². The van der Waals surface area contributed by atoms with Crippen molar-refractivity contribution >= 4 is 34.9 Å². The van der Waals surface area contributed by atoms with Gasteiger partial charge in [0.15, 0.2) is 5.69 Å². The van der Waals surface area contributed by atoms with Gasteiger partial charge < -0.3 is 10.6 Å². The molecule has 0 aliphatic carbocycles. The van der Waals surface area contributed by atoms with Gasteiger partial charge in [-0.3, -0.25) is 19.0 Å².